The Hall–Kier alpha value is 0.110. The summed E-state index contributed by atoms with van der Waals surface area (Å²) >= 11 is 0. The molecule has 2 aliphatic carbocycles. The lowest BCUT2D eigenvalue weighted by Gasteiger charge is -2.30. The molecule has 3 unspecified atom stereocenters. The molecule has 0 spiro atoms. The van der Waals surface area contributed by atoms with Crippen molar-refractivity contribution in [2.24, 2.45) is 4.99 Å². The van der Waals surface area contributed by atoms with Crippen LogP contribution in [-0.4, -0.2) is 53.0 Å². The van der Waals surface area contributed by atoms with Gasteiger partial charge in [0, 0.05) is 47.5 Å². The summed E-state index contributed by atoms with van der Waals surface area (Å²) in [6.07, 6.45) is 15.0. The zero-order valence-electron chi connectivity index (χ0n) is 18.6. The number of ether oxygens (including phenoxy) is 1. The van der Waals surface area contributed by atoms with Crippen molar-refractivity contribution in [3.8, 4) is 0 Å². The van der Waals surface area contributed by atoms with Crippen LogP contribution in [0.5, 0.6) is 0 Å². The molecule has 0 aromatic rings. The molecule has 0 bridgehead atoms. The van der Waals surface area contributed by atoms with Crippen molar-refractivity contribution in [2.75, 3.05) is 25.4 Å². The first kappa shape index (κ1) is 27.1. The lowest BCUT2D eigenvalue weighted by molar-refractivity contribution is 0.0413. The molecule has 29 heavy (non-hydrogen) atoms. The van der Waals surface area contributed by atoms with Gasteiger partial charge in [-0.05, 0) is 51.9 Å². The van der Waals surface area contributed by atoms with E-state index < -0.39 is 10.8 Å². The van der Waals surface area contributed by atoms with E-state index >= 15 is 0 Å². The van der Waals surface area contributed by atoms with Crippen molar-refractivity contribution >= 4 is 40.7 Å². The van der Waals surface area contributed by atoms with Gasteiger partial charge in [-0.25, -0.2) is 0 Å². The summed E-state index contributed by atoms with van der Waals surface area (Å²) in [5.41, 5.74) is 0. The highest BCUT2D eigenvalue weighted by molar-refractivity contribution is 14.0. The molecular weight excluding hydrogens is 497 g/mol. The van der Waals surface area contributed by atoms with Crippen molar-refractivity contribution in [3.05, 3.63) is 0 Å². The fraction of sp³-hybridized carbons (Fsp3) is 0.955. The van der Waals surface area contributed by atoms with Gasteiger partial charge in [0.2, 0.25) is 0 Å². The standard InChI is InChI=1S/C22H43N3O2S.HI/c1-3-23-22(25-19-12-11-15-21(18-19)28(26)4-2)24-16-9-10-17-27-20-13-7-5-6-8-14-20;/h19-21H,3-18H2,1-2H3,(H2,23,24,25);1H. The average Bonchev–Trinajstić information content (AvgIpc) is 2.99. The Morgan fingerprint density at radius 1 is 1.03 bits per heavy atom. The molecule has 5 nitrogen and oxygen atoms in total. The Bertz CT molecular complexity index is 471. The van der Waals surface area contributed by atoms with Crippen molar-refractivity contribution in [1.29, 1.82) is 0 Å². The summed E-state index contributed by atoms with van der Waals surface area (Å²) in [6.45, 7) is 6.71. The van der Waals surface area contributed by atoms with Gasteiger partial charge in [0.25, 0.3) is 0 Å². The minimum Gasteiger partial charge on any atom is -0.378 e. The molecule has 0 aliphatic heterocycles. The number of hydrogen-bond acceptors (Lipinski definition) is 3. The lowest BCUT2D eigenvalue weighted by atomic mass is 9.95. The van der Waals surface area contributed by atoms with Crippen LogP contribution in [0, 0.1) is 0 Å². The van der Waals surface area contributed by atoms with Crippen LogP contribution in [0.25, 0.3) is 0 Å². The Balaban J connectivity index is 0.00000420. The zero-order valence-corrected chi connectivity index (χ0v) is 21.8. The normalized spacial score (nSPS) is 25.0. The van der Waals surface area contributed by atoms with E-state index in [1.807, 2.05) is 6.92 Å². The Morgan fingerprint density at radius 2 is 1.79 bits per heavy atom. The average molecular weight is 542 g/mol. The molecule has 3 atom stereocenters. The fourth-order valence-corrected chi connectivity index (χ4v) is 5.68. The number of nitrogens with zero attached hydrogens (tertiary/aromatic N) is 1. The third kappa shape index (κ3) is 11.3. The minimum absolute atomic E-state index is 0. The number of halogens is 1. The largest absolute Gasteiger partial charge is 0.378 e. The molecule has 0 radical (unpaired) electrons. The Kier molecular flexibility index (Phi) is 15.7. The van der Waals surface area contributed by atoms with Crippen LogP contribution in [0.3, 0.4) is 0 Å². The van der Waals surface area contributed by atoms with E-state index in [2.05, 4.69) is 17.6 Å². The second kappa shape index (κ2) is 16.8. The molecule has 7 heteroatoms. The zero-order chi connectivity index (χ0) is 20.0. The maximum absolute atomic E-state index is 12.2. The van der Waals surface area contributed by atoms with Crippen LogP contribution < -0.4 is 10.6 Å². The molecule has 172 valence electrons. The van der Waals surface area contributed by atoms with Gasteiger partial charge in [-0.3, -0.25) is 9.20 Å². The van der Waals surface area contributed by atoms with Gasteiger partial charge in [0.05, 0.1) is 6.10 Å². The topological polar surface area (TPSA) is 62.7 Å². The molecule has 2 saturated carbocycles. The Morgan fingerprint density at radius 3 is 2.48 bits per heavy atom. The molecule has 0 aromatic heterocycles. The number of aliphatic imine (C=N–C) groups is 1. The number of guanidine groups is 1. The summed E-state index contributed by atoms with van der Waals surface area (Å²) < 4.78 is 18.2. The van der Waals surface area contributed by atoms with E-state index in [4.69, 9.17) is 9.73 Å². The van der Waals surface area contributed by atoms with Gasteiger partial charge < -0.3 is 15.4 Å². The van der Waals surface area contributed by atoms with E-state index in [1.54, 1.807) is 0 Å². The molecule has 0 amide bonds. The van der Waals surface area contributed by atoms with Crippen molar-refractivity contribution in [1.82, 2.24) is 10.6 Å². The summed E-state index contributed by atoms with van der Waals surface area (Å²) in [5, 5.41) is 7.31. The first-order chi connectivity index (χ1) is 13.7. The van der Waals surface area contributed by atoms with E-state index in [1.165, 1.54) is 38.5 Å². The van der Waals surface area contributed by atoms with E-state index in [0.717, 1.165) is 69.9 Å². The summed E-state index contributed by atoms with van der Waals surface area (Å²) in [7, 11) is -0.680. The molecule has 2 N–H and O–H groups in total. The van der Waals surface area contributed by atoms with Gasteiger partial charge in [-0.2, -0.15) is 0 Å². The molecule has 0 saturated heterocycles. The lowest BCUT2D eigenvalue weighted by Crippen LogP contribution is -2.46. The molecule has 2 rings (SSSR count). The molecule has 0 heterocycles. The fourth-order valence-electron chi connectivity index (χ4n) is 4.33. The summed E-state index contributed by atoms with van der Waals surface area (Å²) in [6, 6.07) is 0.394. The minimum atomic E-state index is -0.680. The van der Waals surface area contributed by atoms with Gasteiger partial charge in [0.15, 0.2) is 5.96 Å². The van der Waals surface area contributed by atoms with Crippen LogP contribution in [0.4, 0.5) is 0 Å². The highest BCUT2D eigenvalue weighted by atomic mass is 127. The highest BCUT2D eigenvalue weighted by Crippen LogP contribution is 2.23. The number of unbranched alkanes of at least 4 members (excludes halogenated alkanes) is 1. The first-order valence-corrected chi connectivity index (χ1v) is 13.1. The van der Waals surface area contributed by atoms with E-state index in [0.29, 0.717) is 17.4 Å². The quantitative estimate of drug-likeness (QED) is 0.138. The van der Waals surface area contributed by atoms with Gasteiger partial charge in [-0.1, -0.05) is 39.0 Å². The second-order valence-electron chi connectivity index (χ2n) is 8.25. The van der Waals surface area contributed by atoms with Crippen LogP contribution in [-0.2, 0) is 15.5 Å². The third-order valence-corrected chi connectivity index (χ3v) is 7.69. The number of hydrogen-bond donors (Lipinski definition) is 2. The maximum atomic E-state index is 12.2. The van der Waals surface area contributed by atoms with Crippen molar-refractivity contribution < 1.29 is 8.95 Å². The van der Waals surface area contributed by atoms with Crippen molar-refractivity contribution in [3.63, 3.8) is 0 Å². The Labute approximate surface area is 198 Å². The van der Waals surface area contributed by atoms with Crippen LogP contribution in [0.2, 0.25) is 0 Å². The number of rotatable bonds is 10. The first-order valence-electron chi connectivity index (χ1n) is 11.8. The SMILES string of the molecule is CCNC(=NCCCCOC1CCCCCC1)NC1CCCC(S(=O)CC)C1.I. The summed E-state index contributed by atoms with van der Waals surface area (Å²) in [5.74, 6) is 1.69. The van der Waals surface area contributed by atoms with Gasteiger partial charge in [0.1, 0.15) is 0 Å². The molecular formula is C22H44IN3O2S. The predicted octanol–water partition coefficient (Wildman–Crippen LogP) is 4.76. The third-order valence-electron chi connectivity index (χ3n) is 5.95. The van der Waals surface area contributed by atoms with Crippen molar-refractivity contribution in [2.45, 2.75) is 108 Å². The van der Waals surface area contributed by atoms with Gasteiger partial charge in [-0.15, -0.1) is 24.0 Å². The molecule has 0 aromatic carbocycles. The monoisotopic (exact) mass is 541 g/mol. The van der Waals surface area contributed by atoms with E-state index in [9.17, 15) is 4.21 Å². The number of nitrogens with one attached hydrogen (secondary N) is 2. The maximum Gasteiger partial charge on any atom is 0.191 e. The van der Waals surface area contributed by atoms with E-state index in [-0.39, 0.29) is 24.0 Å². The molecule has 2 aliphatic rings. The van der Waals surface area contributed by atoms with Crippen LogP contribution >= 0.6 is 24.0 Å². The highest BCUT2D eigenvalue weighted by Gasteiger charge is 2.26. The van der Waals surface area contributed by atoms with Crippen LogP contribution in [0.15, 0.2) is 4.99 Å². The molecule has 2 fully saturated rings. The summed E-state index contributed by atoms with van der Waals surface area (Å²) in [4.78, 5) is 4.76. The smallest absolute Gasteiger partial charge is 0.191 e. The van der Waals surface area contributed by atoms with Crippen LogP contribution in [0.1, 0.15) is 90.9 Å². The second-order valence-corrected chi connectivity index (χ2v) is 10.3. The predicted molar refractivity (Wildman–Crippen MR) is 136 cm³/mol. The van der Waals surface area contributed by atoms with Gasteiger partial charge >= 0.3 is 0 Å².